The Bertz CT molecular complexity index is 1590. The second-order valence-electron chi connectivity index (χ2n) is 9.27. The van der Waals surface area contributed by atoms with E-state index in [2.05, 4.69) is 9.97 Å². The smallest absolute Gasteiger partial charge is 0.269 e. The average molecular weight is 526 g/mol. The van der Waals surface area contributed by atoms with Crippen molar-refractivity contribution in [2.75, 3.05) is 6.26 Å². The standard InChI is InChI=1S/C26H27N3O5S2/c1-35(31,32)21-13-14-22(28-17-21)24(18-8-5-6-9-18)25(30)23-16-19-10-7-15-27-26(19)29(23)36(33,34)20-11-3-2-4-12-20/h2-4,7,10-18,24-25,30H,5-6,8-9H2,1H3. The number of aliphatic hydroxyl groups excluding tert-OH is 1. The molecule has 2 unspecified atom stereocenters. The van der Waals surface area contributed by atoms with Gasteiger partial charge in [0.05, 0.1) is 15.5 Å². The van der Waals surface area contributed by atoms with Crippen LogP contribution in [0.1, 0.15) is 49.1 Å². The molecule has 188 valence electrons. The molecule has 0 saturated heterocycles. The molecule has 3 aromatic heterocycles. The Morgan fingerprint density at radius 1 is 0.917 bits per heavy atom. The molecule has 1 aromatic carbocycles. The number of hydrogen-bond acceptors (Lipinski definition) is 7. The van der Waals surface area contributed by atoms with Crippen LogP contribution in [0.5, 0.6) is 0 Å². The maximum atomic E-state index is 13.8. The molecule has 1 aliphatic carbocycles. The first-order chi connectivity index (χ1) is 17.2. The Kier molecular flexibility index (Phi) is 6.44. The van der Waals surface area contributed by atoms with Gasteiger partial charge in [0.1, 0.15) is 6.10 Å². The van der Waals surface area contributed by atoms with Gasteiger partial charge in [0, 0.05) is 35.6 Å². The van der Waals surface area contributed by atoms with Gasteiger partial charge in [-0.3, -0.25) is 4.98 Å². The Balaban J connectivity index is 1.68. The Morgan fingerprint density at radius 3 is 2.28 bits per heavy atom. The normalized spacial score (nSPS) is 16.8. The lowest BCUT2D eigenvalue weighted by Crippen LogP contribution is -2.25. The van der Waals surface area contributed by atoms with Gasteiger partial charge in [-0.1, -0.05) is 31.0 Å². The third-order valence-electron chi connectivity index (χ3n) is 6.91. The minimum atomic E-state index is -4.07. The van der Waals surface area contributed by atoms with E-state index in [9.17, 15) is 21.9 Å². The van der Waals surface area contributed by atoms with Gasteiger partial charge in [0.25, 0.3) is 10.0 Å². The van der Waals surface area contributed by atoms with Crippen LogP contribution in [-0.4, -0.2) is 42.1 Å². The van der Waals surface area contributed by atoms with Gasteiger partial charge < -0.3 is 5.11 Å². The summed E-state index contributed by atoms with van der Waals surface area (Å²) in [6.45, 7) is 0. The number of aliphatic hydroxyl groups is 1. The summed E-state index contributed by atoms with van der Waals surface area (Å²) in [4.78, 5) is 8.95. The number of nitrogens with zero attached hydrogens (tertiary/aromatic N) is 3. The average Bonchev–Trinajstić information content (AvgIpc) is 3.53. The number of fused-ring (bicyclic) bond motifs is 1. The molecule has 0 spiro atoms. The van der Waals surface area contributed by atoms with E-state index in [4.69, 9.17) is 0 Å². The zero-order chi connectivity index (χ0) is 25.5. The highest BCUT2D eigenvalue weighted by Crippen LogP contribution is 2.45. The number of rotatable bonds is 7. The molecule has 0 radical (unpaired) electrons. The van der Waals surface area contributed by atoms with Crippen molar-refractivity contribution in [1.29, 1.82) is 0 Å². The second-order valence-corrected chi connectivity index (χ2v) is 13.1. The highest BCUT2D eigenvalue weighted by atomic mass is 32.2. The summed E-state index contributed by atoms with van der Waals surface area (Å²) < 4.78 is 52.6. The molecule has 0 aliphatic heterocycles. The lowest BCUT2D eigenvalue weighted by atomic mass is 9.82. The molecule has 1 saturated carbocycles. The van der Waals surface area contributed by atoms with Crippen LogP contribution in [0.4, 0.5) is 0 Å². The summed E-state index contributed by atoms with van der Waals surface area (Å²) in [5.41, 5.74) is 0.975. The van der Waals surface area contributed by atoms with Crippen LogP contribution in [0.25, 0.3) is 11.0 Å². The molecule has 0 amide bonds. The predicted octanol–water partition coefficient (Wildman–Crippen LogP) is 4.08. The monoisotopic (exact) mass is 525 g/mol. The predicted molar refractivity (Wildman–Crippen MR) is 136 cm³/mol. The number of benzene rings is 1. The quantitative estimate of drug-likeness (QED) is 0.386. The van der Waals surface area contributed by atoms with Gasteiger partial charge in [-0.15, -0.1) is 0 Å². The van der Waals surface area contributed by atoms with Crippen molar-refractivity contribution in [2.24, 2.45) is 5.92 Å². The third kappa shape index (κ3) is 4.44. The highest BCUT2D eigenvalue weighted by Gasteiger charge is 2.37. The van der Waals surface area contributed by atoms with Gasteiger partial charge in [0.2, 0.25) is 0 Å². The van der Waals surface area contributed by atoms with E-state index in [1.807, 2.05) is 0 Å². The minimum absolute atomic E-state index is 0.0652. The summed E-state index contributed by atoms with van der Waals surface area (Å²) in [5, 5.41) is 12.4. The van der Waals surface area contributed by atoms with Crippen molar-refractivity contribution in [3.63, 3.8) is 0 Å². The highest BCUT2D eigenvalue weighted by molar-refractivity contribution is 7.90. The fraction of sp³-hybridized carbons (Fsp3) is 0.308. The maximum Gasteiger partial charge on any atom is 0.269 e. The molecule has 0 bridgehead atoms. The first-order valence-corrected chi connectivity index (χ1v) is 15.1. The molecule has 36 heavy (non-hydrogen) atoms. The fourth-order valence-corrected chi connectivity index (χ4v) is 7.25. The van der Waals surface area contributed by atoms with E-state index < -0.39 is 31.9 Å². The van der Waals surface area contributed by atoms with Crippen molar-refractivity contribution in [3.8, 4) is 0 Å². The number of aromatic nitrogens is 3. The first-order valence-electron chi connectivity index (χ1n) is 11.8. The second kappa shape index (κ2) is 9.42. The van der Waals surface area contributed by atoms with E-state index in [0.717, 1.165) is 35.9 Å². The van der Waals surface area contributed by atoms with E-state index in [1.165, 1.54) is 30.6 Å². The van der Waals surface area contributed by atoms with Crippen LogP contribution in [0.2, 0.25) is 0 Å². The fourth-order valence-electron chi connectivity index (χ4n) is 5.16. The minimum Gasteiger partial charge on any atom is -0.386 e. The van der Waals surface area contributed by atoms with E-state index >= 15 is 0 Å². The third-order valence-corrected chi connectivity index (χ3v) is 9.74. The Morgan fingerprint density at radius 2 is 1.64 bits per heavy atom. The molecule has 2 atom stereocenters. The van der Waals surface area contributed by atoms with Crippen molar-refractivity contribution in [2.45, 2.75) is 47.5 Å². The van der Waals surface area contributed by atoms with Crippen LogP contribution in [0, 0.1) is 5.92 Å². The van der Waals surface area contributed by atoms with Gasteiger partial charge >= 0.3 is 0 Å². The summed E-state index contributed by atoms with van der Waals surface area (Å²) in [7, 11) is -7.50. The van der Waals surface area contributed by atoms with Gasteiger partial charge in [-0.05, 0) is 61.2 Å². The first kappa shape index (κ1) is 24.6. The number of sulfone groups is 1. The number of pyridine rings is 2. The van der Waals surface area contributed by atoms with Crippen LogP contribution in [-0.2, 0) is 19.9 Å². The largest absolute Gasteiger partial charge is 0.386 e. The maximum absolute atomic E-state index is 13.8. The molecule has 1 N–H and O–H groups in total. The van der Waals surface area contributed by atoms with E-state index in [1.54, 1.807) is 42.5 Å². The van der Waals surface area contributed by atoms with Gasteiger partial charge in [-0.2, -0.15) is 0 Å². The molecule has 8 nitrogen and oxygen atoms in total. The van der Waals surface area contributed by atoms with Crippen LogP contribution in [0.15, 0.2) is 82.8 Å². The molecule has 3 heterocycles. The molecule has 1 aliphatic rings. The summed E-state index contributed by atoms with van der Waals surface area (Å²) >= 11 is 0. The summed E-state index contributed by atoms with van der Waals surface area (Å²) in [6.07, 6.45) is 6.46. The van der Waals surface area contributed by atoms with Crippen molar-refractivity contribution >= 4 is 30.9 Å². The van der Waals surface area contributed by atoms with Crippen LogP contribution < -0.4 is 0 Å². The molecular formula is C26H27N3O5S2. The Labute approximate surface area is 210 Å². The van der Waals surface area contributed by atoms with Crippen LogP contribution in [0.3, 0.4) is 0 Å². The van der Waals surface area contributed by atoms with Gasteiger partial charge in [0.15, 0.2) is 15.5 Å². The summed E-state index contributed by atoms with van der Waals surface area (Å²) in [5.74, 6) is -0.453. The zero-order valence-corrected chi connectivity index (χ0v) is 21.4. The van der Waals surface area contributed by atoms with Crippen molar-refractivity contribution in [3.05, 3.63) is 84.4 Å². The van der Waals surface area contributed by atoms with Crippen LogP contribution >= 0.6 is 0 Å². The SMILES string of the molecule is CS(=O)(=O)c1ccc(C(C2CCCC2)C(O)c2cc3cccnc3n2S(=O)(=O)c2ccccc2)nc1. The Hall–Kier alpha value is -3.08. The van der Waals surface area contributed by atoms with Crippen molar-refractivity contribution in [1.82, 2.24) is 13.9 Å². The topological polar surface area (TPSA) is 119 Å². The molecule has 5 rings (SSSR count). The zero-order valence-electron chi connectivity index (χ0n) is 19.7. The molecule has 10 heteroatoms. The number of hydrogen-bond donors (Lipinski definition) is 1. The lowest BCUT2D eigenvalue weighted by Gasteiger charge is -2.29. The molecule has 4 aromatic rings. The van der Waals surface area contributed by atoms with E-state index in [-0.39, 0.29) is 27.0 Å². The van der Waals surface area contributed by atoms with Crippen molar-refractivity contribution < 1.29 is 21.9 Å². The van der Waals surface area contributed by atoms with E-state index in [0.29, 0.717) is 11.1 Å². The summed E-state index contributed by atoms with van der Waals surface area (Å²) in [6, 6.07) is 16.3. The lowest BCUT2D eigenvalue weighted by molar-refractivity contribution is 0.109. The molecule has 1 fully saturated rings. The van der Waals surface area contributed by atoms with Gasteiger partial charge in [-0.25, -0.2) is 25.8 Å². The molecular weight excluding hydrogens is 498 g/mol.